The van der Waals surface area contributed by atoms with Gasteiger partial charge in [0.15, 0.2) is 0 Å². The Kier molecular flexibility index (Phi) is 3.48. The molecule has 0 radical (unpaired) electrons. The Hall–Kier alpha value is -1.76. The number of nitrogens with two attached hydrogens (primary N) is 1. The molecule has 1 heteroatoms. The van der Waals surface area contributed by atoms with Crippen molar-refractivity contribution in [1.82, 2.24) is 0 Å². The van der Waals surface area contributed by atoms with E-state index >= 15 is 0 Å². The zero-order valence-corrected chi connectivity index (χ0v) is 10.4. The van der Waals surface area contributed by atoms with E-state index in [1.165, 1.54) is 16.7 Å². The lowest BCUT2D eigenvalue weighted by Gasteiger charge is -2.08. The number of fused-ring (bicyclic) bond motifs is 1. The number of allylic oxidation sites excluding steroid dienone is 4. The molecule has 1 aliphatic carbocycles. The van der Waals surface area contributed by atoms with Crippen LogP contribution in [0.15, 0.2) is 54.3 Å². The monoisotopic (exact) mass is 225 g/mol. The number of benzene rings is 1. The predicted octanol–water partition coefficient (Wildman–Crippen LogP) is 3.83. The van der Waals surface area contributed by atoms with Crippen LogP contribution in [0.5, 0.6) is 0 Å². The first kappa shape index (κ1) is 11.7. The van der Waals surface area contributed by atoms with Crippen LogP contribution in [-0.4, -0.2) is 0 Å². The molecule has 1 aliphatic rings. The van der Waals surface area contributed by atoms with Gasteiger partial charge in [0, 0.05) is 5.70 Å². The highest BCUT2D eigenvalue weighted by molar-refractivity contribution is 5.80. The van der Waals surface area contributed by atoms with Gasteiger partial charge < -0.3 is 5.73 Å². The summed E-state index contributed by atoms with van der Waals surface area (Å²) < 4.78 is 0. The molecule has 0 atom stereocenters. The smallest absolute Gasteiger partial charge is 0.0420 e. The van der Waals surface area contributed by atoms with E-state index in [0.29, 0.717) is 0 Å². The Balaban J connectivity index is 2.42. The number of aryl methyl sites for hydroxylation is 1. The van der Waals surface area contributed by atoms with Gasteiger partial charge in [0.1, 0.15) is 0 Å². The molecule has 0 unspecified atom stereocenters. The maximum atomic E-state index is 6.21. The van der Waals surface area contributed by atoms with Crippen LogP contribution in [0.4, 0.5) is 0 Å². The molecule has 0 saturated carbocycles. The summed E-state index contributed by atoms with van der Waals surface area (Å²) in [4.78, 5) is 0. The summed E-state index contributed by atoms with van der Waals surface area (Å²) in [6.45, 7) is 6.27. The van der Waals surface area contributed by atoms with E-state index in [9.17, 15) is 0 Å². The van der Waals surface area contributed by atoms with Crippen molar-refractivity contribution < 1.29 is 0 Å². The van der Waals surface area contributed by atoms with Crippen LogP contribution in [-0.2, 0) is 6.42 Å². The third-order valence-electron chi connectivity index (χ3n) is 3.23. The van der Waals surface area contributed by atoms with Crippen LogP contribution in [0, 0.1) is 0 Å². The van der Waals surface area contributed by atoms with E-state index in [-0.39, 0.29) is 0 Å². The van der Waals surface area contributed by atoms with E-state index in [2.05, 4.69) is 43.9 Å². The van der Waals surface area contributed by atoms with Crippen molar-refractivity contribution in [3.05, 3.63) is 65.4 Å². The SMILES string of the molecule is C=C1C(N)=C(/C=C\CC)CCc2ccccc21. The Morgan fingerprint density at radius 3 is 2.82 bits per heavy atom. The second kappa shape index (κ2) is 5.05. The lowest BCUT2D eigenvalue weighted by Crippen LogP contribution is -2.02. The summed E-state index contributed by atoms with van der Waals surface area (Å²) in [5.74, 6) is 0. The van der Waals surface area contributed by atoms with Crippen LogP contribution in [0.1, 0.15) is 30.9 Å². The Bertz CT molecular complexity index is 492. The summed E-state index contributed by atoms with van der Waals surface area (Å²) >= 11 is 0. The molecule has 0 bridgehead atoms. The molecule has 0 heterocycles. The summed E-state index contributed by atoms with van der Waals surface area (Å²) in [7, 11) is 0. The fraction of sp³-hybridized carbons (Fsp3) is 0.250. The first-order valence-electron chi connectivity index (χ1n) is 6.16. The molecule has 0 fully saturated rings. The van der Waals surface area contributed by atoms with Crippen LogP contribution in [0.25, 0.3) is 5.57 Å². The maximum absolute atomic E-state index is 6.21. The van der Waals surface area contributed by atoms with Crippen molar-refractivity contribution in [2.45, 2.75) is 26.2 Å². The van der Waals surface area contributed by atoms with E-state index in [4.69, 9.17) is 5.73 Å². The molecular formula is C16H19N. The van der Waals surface area contributed by atoms with E-state index in [0.717, 1.165) is 30.5 Å². The van der Waals surface area contributed by atoms with Gasteiger partial charge in [0.2, 0.25) is 0 Å². The maximum Gasteiger partial charge on any atom is 0.0420 e. The van der Waals surface area contributed by atoms with Gasteiger partial charge in [-0.15, -0.1) is 0 Å². The van der Waals surface area contributed by atoms with Gasteiger partial charge in [-0.05, 0) is 41.5 Å². The predicted molar refractivity (Wildman–Crippen MR) is 74.4 cm³/mol. The molecule has 2 N–H and O–H groups in total. The quantitative estimate of drug-likeness (QED) is 0.813. The molecule has 0 aliphatic heterocycles. The van der Waals surface area contributed by atoms with Crippen LogP contribution < -0.4 is 5.73 Å². The lowest BCUT2D eigenvalue weighted by molar-refractivity contribution is 0.960. The number of rotatable bonds is 2. The van der Waals surface area contributed by atoms with Gasteiger partial charge in [-0.1, -0.05) is 49.9 Å². The van der Waals surface area contributed by atoms with Gasteiger partial charge >= 0.3 is 0 Å². The standard InChI is InChI=1S/C16H19N/c1-3-4-7-14-11-10-13-8-5-6-9-15(13)12(2)16(14)17/h4-9H,2-3,10-11,17H2,1H3/b7-4-. The minimum Gasteiger partial charge on any atom is -0.398 e. The van der Waals surface area contributed by atoms with Gasteiger partial charge in [0.05, 0.1) is 0 Å². The molecule has 1 aromatic rings. The fourth-order valence-electron chi connectivity index (χ4n) is 2.21. The second-order valence-electron chi connectivity index (χ2n) is 4.39. The molecule has 17 heavy (non-hydrogen) atoms. The van der Waals surface area contributed by atoms with E-state index < -0.39 is 0 Å². The van der Waals surface area contributed by atoms with Crippen molar-refractivity contribution in [3.8, 4) is 0 Å². The number of hydrogen-bond donors (Lipinski definition) is 1. The Labute approximate surface area is 103 Å². The highest BCUT2D eigenvalue weighted by Gasteiger charge is 2.15. The highest BCUT2D eigenvalue weighted by atomic mass is 14.6. The Morgan fingerprint density at radius 2 is 2.06 bits per heavy atom. The summed E-state index contributed by atoms with van der Waals surface area (Å²) in [5, 5.41) is 0. The zero-order valence-electron chi connectivity index (χ0n) is 10.4. The van der Waals surface area contributed by atoms with Gasteiger partial charge in [-0.2, -0.15) is 0 Å². The van der Waals surface area contributed by atoms with Crippen molar-refractivity contribution >= 4 is 5.57 Å². The number of hydrogen-bond acceptors (Lipinski definition) is 1. The molecule has 0 amide bonds. The lowest BCUT2D eigenvalue weighted by atomic mass is 9.99. The van der Waals surface area contributed by atoms with Gasteiger partial charge in [-0.3, -0.25) is 0 Å². The third kappa shape index (κ3) is 2.33. The third-order valence-corrected chi connectivity index (χ3v) is 3.23. The average molecular weight is 225 g/mol. The molecule has 1 nitrogen and oxygen atoms in total. The van der Waals surface area contributed by atoms with Crippen molar-refractivity contribution in [3.63, 3.8) is 0 Å². The van der Waals surface area contributed by atoms with Crippen LogP contribution in [0.2, 0.25) is 0 Å². The molecular weight excluding hydrogens is 206 g/mol. The van der Waals surface area contributed by atoms with Crippen molar-refractivity contribution in [1.29, 1.82) is 0 Å². The minimum atomic E-state index is 0.847. The highest BCUT2D eigenvalue weighted by Crippen LogP contribution is 2.30. The van der Waals surface area contributed by atoms with Gasteiger partial charge in [0.25, 0.3) is 0 Å². The summed E-state index contributed by atoms with van der Waals surface area (Å²) in [5.41, 5.74) is 11.8. The summed E-state index contributed by atoms with van der Waals surface area (Å²) in [6, 6.07) is 8.40. The van der Waals surface area contributed by atoms with Crippen molar-refractivity contribution in [2.75, 3.05) is 0 Å². The molecule has 88 valence electrons. The second-order valence-corrected chi connectivity index (χ2v) is 4.39. The normalized spacial score (nSPS) is 16.2. The molecule has 2 rings (SSSR count). The van der Waals surface area contributed by atoms with Crippen LogP contribution in [0.3, 0.4) is 0 Å². The fourth-order valence-corrected chi connectivity index (χ4v) is 2.21. The first-order valence-corrected chi connectivity index (χ1v) is 6.16. The molecule has 0 saturated heterocycles. The summed E-state index contributed by atoms with van der Waals surface area (Å²) in [6.07, 6.45) is 7.38. The minimum absolute atomic E-state index is 0.847. The molecule has 1 aromatic carbocycles. The first-order chi connectivity index (χ1) is 8.24. The van der Waals surface area contributed by atoms with E-state index in [1.54, 1.807) is 0 Å². The van der Waals surface area contributed by atoms with Crippen LogP contribution >= 0.6 is 0 Å². The van der Waals surface area contributed by atoms with Crippen molar-refractivity contribution in [2.24, 2.45) is 5.73 Å². The Morgan fingerprint density at radius 1 is 1.29 bits per heavy atom. The van der Waals surface area contributed by atoms with E-state index in [1.807, 2.05) is 6.07 Å². The zero-order chi connectivity index (χ0) is 12.3. The average Bonchev–Trinajstić information content (AvgIpc) is 2.48. The van der Waals surface area contributed by atoms with Gasteiger partial charge in [-0.25, -0.2) is 0 Å². The molecule has 0 aromatic heterocycles. The topological polar surface area (TPSA) is 26.0 Å². The largest absolute Gasteiger partial charge is 0.398 e. The molecule has 0 spiro atoms.